The maximum Gasteiger partial charge on any atom is 0.205 e. The SMILES string of the molecule is CC1(C)[C@H]2CC[C@@]1(C)c1nnc(-c3c(F)cccc3F)cc12.CC1(C)[C@H]2CC[C@@]1(CO)c1nnc(-c3c(F)cccc3F)cc12.CC1(C)[C@H]2CC[C@]1(C)C(=O)C2.CC1(C)[C@H]2CC[C@]1(C)C(=O)C2=O. The molecular formula is C56H66F4N4O4. The number of nitrogens with zero attached hydrogens (tertiary/aromatic N) is 4. The van der Waals surface area contributed by atoms with Crippen molar-refractivity contribution < 1.29 is 37.1 Å². The molecule has 12 heteroatoms. The molecule has 68 heavy (non-hydrogen) atoms. The van der Waals surface area contributed by atoms with E-state index < -0.39 is 28.7 Å². The molecule has 362 valence electrons. The van der Waals surface area contributed by atoms with Crippen molar-refractivity contribution in [1.82, 2.24) is 20.4 Å². The van der Waals surface area contributed by atoms with Crippen LogP contribution in [0.1, 0.15) is 168 Å². The minimum Gasteiger partial charge on any atom is -0.395 e. The topological polar surface area (TPSA) is 123 Å². The lowest BCUT2D eigenvalue weighted by molar-refractivity contribution is -0.141. The first-order chi connectivity index (χ1) is 31.7. The van der Waals surface area contributed by atoms with Crippen molar-refractivity contribution in [2.75, 3.05) is 6.61 Å². The number of ketones is 3. The molecule has 8 bridgehead atoms. The summed E-state index contributed by atoms with van der Waals surface area (Å²) in [6, 6.07) is 11.3. The minimum absolute atomic E-state index is 0.00626. The van der Waals surface area contributed by atoms with Crippen LogP contribution < -0.4 is 0 Å². The summed E-state index contributed by atoms with van der Waals surface area (Å²) in [5.41, 5.74) is 3.63. The molecule has 8 nitrogen and oxygen atoms in total. The number of carbonyl (C=O) groups excluding carboxylic acids is 3. The van der Waals surface area contributed by atoms with E-state index >= 15 is 0 Å². The van der Waals surface area contributed by atoms with Gasteiger partial charge < -0.3 is 5.11 Å². The lowest BCUT2D eigenvalue weighted by atomic mass is 9.69. The van der Waals surface area contributed by atoms with Gasteiger partial charge >= 0.3 is 0 Å². The molecule has 2 heterocycles. The Morgan fingerprint density at radius 3 is 1.38 bits per heavy atom. The van der Waals surface area contributed by atoms with Crippen LogP contribution >= 0.6 is 0 Å². The Morgan fingerprint density at radius 1 is 0.529 bits per heavy atom. The largest absolute Gasteiger partial charge is 0.395 e. The predicted molar refractivity (Wildman–Crippen MR) is 251 cm³/mol. The summed E-state index contributed by atoms with van der Waals surface area (Å²) < 4.78 is 56.0. The number of halogens is 4. The second-order valence-corrected chi connectivity index (χ2v) is 24.2. The zero-order valence-corrected chi connectivity index (χ0v) is 41.5. The molecule has 2 aromatic heterocycles. The van der Waals surface area contributed by atoms with Crippen molar-refractivity contribution in [3.05, 3.63) is 94.3 Å². The van der Waals surface area contributed by atoms with Gasteiger partial charge in [-0.05, 0) is 138 Å². The van der Waals surface area contributed by atoms with Crippen LogP contribution in [0.4, 0.5) is 17.6 Å². The quantitative estimate of drug-likeness (QED) is 0.159. The number of Topliss-reactive ketones (excluding diaryl/α,β-unsaturated/α-hetero) is 3. The van der Waals surface area contributed by atoms with Crippen LogP contribution in [0, 0.1) is 67.6 Å². The normalized spacial score (nSPS) is 33.6. The van der Waals surface area contributed by atoms with Crippen LogP contribution in [0.3, 0.4) is 0 Å². The van der Waals surface area contributed by atoms with Gasteiger partial charge in [0.05, 0.1) is 40.5 Å². The highest BCUT2D eigenvalue weighted by molar-refractivity contribution is 6.43. The summed E-state index contributed by atoms with van der Waals surface area (Å²) in [7, 11) is 0. The van der Waals surface area contributed by atoms with E-state index in [1.165, 1.54) is 42.8 Å². The molecule has 2 aromatic carbocycles. The fraction of sp³-hybridized carbons (Fsp3) is 0.589. The lowest BCUT2D eigenvalue weighted by Crippen LogP contribution is -2.39. The molecule has 0 unspecified atom stereocenters. The Balaban J connectivity index is 0.000000119. The third kappa shape index (κ3) is 6.28. The Bertz CT molecular complexity index is 2750. The van der Waals surface area contributed by atoms with Crippen molar-refractivity contribution in [2.45, 2.75) is 157 Å². The summed E-state index contributed by atoms with van der Waals surface area (Å²) in [4.78, 5) is 34.6. The smallest absolute Gasteiger partial charge is 0.205 e. The van der Waals surface area contributed by atoms with Gasteiger partial charge in [0.25, 0.3) is 0 Å². The van der Waals surface area contributed by atoms with Gasteiger partial charge in [0.2, 0.25) is 11.6 Å². The van der Waals surface area contributed by atoms with Crippen molar-refractivity contribution >= 4 is 17.3 Å². The molecule has 6 fully saturated rings. The summed E-state index contributed by atoms with van der Waals surface area (Å²) in [5.74, 6) is -0.889. The molecule has 12 rings (SSSR count). The van der Waals surface area contributed by atoms with E-state index in [0.29, 0.717) is 23.3 Å². The monoisotopic (exact) mass is 935 g/mol. The molecule has 0 amide bonds. The van der Waals surface area contributed by atoms with Crippen LogP contribution in [0.25, 0.3) is 22.5 Å². The average Bonchev–Trinajstić information content (AvgIpc) is 4.02. The van der Waals surface area contributed by atoms with Crippen molar-refractivity contribution in [1.29, 1.82) is 0 Å². The Morgan fingerprint density at radius 2 is 0.971 bits per heavy atom. The van der Waals surface area contributed by atoms with E-state index in [9.17, 15) is 37.1 Å². The Kier molecular flexibility index (Phi) is 11.1. The molecule has 0 spiro atoms. The van der Waals surface area contributed by atoms with Crippen LogP contribution in [0.15, 0.2) is 48.5 Å². The zero-order valence-electron chi connectivity index (χ0n) is 41.5. The minimum atomic E-state index is -0.640. The van der Waals surface area contributed by atoms with E-state index in [4.69, 9.17) is 0 Å². The zero-order chi connectivity index (χ0) is 49.5. The van der Waals surface area contributed by atoms with E-state index in [-0.39, 0.29) is 84.7 Å². The predicted octanol–water partition coefficient (Wildman–Crippen LogP) is 12.1. The number of aliphatic hydroxyl groups is 1. The summed E-state index contributed by atoms with van der Waals surface area (Å²) in [6.07, 6.45) is 9.08. The highest BCUT2D eigenvalue weighted by atomic mass is 19.1. The standard InChI is InChI=1S/C18H18F2N2O.C18H18F2N2.C10H14O2.C10H16O/c1-17(2)11-6-7-18(17,9-23)16-10(11)8-14(21-22-16)15-12(19)4-3-5-13(15)20;1-17(2)11-7-8-18(17,3)16-10(11)9-14(21-22-16)15-12(19)5-4-6-13(15)20;1-9(2)6-4-5-10(9,3)8(12)7(6)11;1-9(2)7-4-5-10(9,3)8(11)6-7/h3-5,8,11,23H,6-7,9H2,1-2H3;4-6,9,11H,7-8H2,1-3H3;6H,4-5H2,1-3H3;7H,4-6H2,1-3H3/t11-,18+;11-,18-;6-,10+;7-,10+/m0000/s1. The molecule has 8 aliphatic carbocycles. The summed E-state index contributed by atoms with van der Waals surface area (Å²) >= 11 is 0. The van der Waals surface area contributed by atoms with Gasteiger partial charge in [-0.3, -0.25) is 14.4 Å². The fourth-order valence-electron chi connectivity index (χ4n) is 14.8. The molecule has 0 saturated heterocycles. The first-order valence-electron chi connectivity index (χ1n) is 24.6. The van der Waals surface area contributed by atoms with E-state index in [2.05, 4.69) is 75.8 Å². The van der Waals surface area contributed by atoms with Crippen LogP contribution in [-0.2, 0) is 25.2 Å². The fourth-order valence-corrected chi connectivity index (χ4v) is 14.8. The number of fused-ring (bicyclic) bond motifs is 14. The maximum atomic E-state index is 14.0. The van der Waals surface area contributed by atoms with E-state index in [1.807, 2.05) is 26.8 Å². The van der Waals surface area contributed by atoms with Gasteiger partial charge in [0, 0.05) is 34.0 Å². The third-order valence-corrected chi connectivity index (χ3v) is 21.0. The molecule has 0 radical (unpaired) electrons. The molecule has 6 saturated carbocycles. The summed E-state index contributed by atoms with van der Waals surface area (Å²) in [5, 5.41) is 26.9. The van der Waals surface area contributed by atoms with E-state index in [0.717, 1.165) is 73.9 Å². The Labute approximate surface area is 397 Å². The van der Waals surface area contributed by atoms with Gasteiger partial charge in [-0.15, -0.1) is 0 Å². The molecule has 4 aromatic rings. The van der Waals surface area contributed by atoms with Gasteiger partial charge in [0.15, 0.2) is 0 Å². The lowest BCUT2D eigenvalue weighted by Gasteiger charge is -2.35. The average molecular weight is 935 g/mol. The van der Waals surface area contributed by atoms with Crippen molar-refractivity contribution in [2.24, 2.45) is 44.3 Å². The number of aliphatic hydroxyl groups excluding tert-OH is 1. The van der Waals surface area contributed by atoms with Crippen molar-refractivity contribution in [3.8, 4) is 22.5 Å². The van der Waals surface area contributed by atoms with Gasteiger partial charge in [-0.1, -0.05) is 88.3 Å². The number of hydrogen-bond acceptors (Lipinski definition) is 8. The molecule has 1 N–H and O–H groups in total. The van der Waals surface area contributed by atoms with Crippen LogP contribution in [0.5, 0.6) is 0 Å². The molecule has 0 aliphatic heterocycles. The van der Waals surface area contributed by atoms with Gasteiger partial charge in [-0.2, -0.15) is 20.4 Å². The number of hydrogen-bond donors (Lipinski definition) is 1. The van der Waals surface area contributed by atoms with Gasteiger partial charge in [-0.25, -0.2) is 17.6 Å². The summed E-state index contributed by atoms with van der Waals surface area (Å²) in [6.45, 7) is 23.8. The van der Waals surface area contributed by atoms with Crippen molar-refractivity contribution in [3.63, 3.8) is 0 Å². The Hall–Kier alpha value is -4.71. The number of benzene rings is 2. The highest BCUT2D eigenvalue weighted by Crippen LogP contribution is 2.69. The number of rotatable bonds is 3. The first-order valence-corrected chi connectivity index (χ1v) is 24.6. The third-order valence-electron chi connectivity index (χ3n) is 21.0. The second kappa shape index (κ2) is 15.6. The highest BCUT2D eigenvalue weighted by Gasteiger charge is 2.67. The molecule has 8 aliphatic rings. The maximum absolute atomic E-state index is 14.0. The van der Waals surface area contributed by atoms with Crippen LogP contribution in [-0.4, -0.2) is 49.5 Å². The first kappa shape index (κ1) is 48.3. The number of aromatic nitrogens is 4. The van der Waals surface area contributed by atoms with Crippen LogP contribution in [0.2, 0.25) is 0 Å². The molecule has 8 atom stereocenters. The number of carbonyl (C=O) groups is 3. The second-order valence-electron chi connectivity index (χ2n) is 24.2. The van der Waals surface area contributed by atoms with Gasteiger partial charge in [0.1, 0.15) is 29.1 Å². The van der Waals surface area contributed by atoms with E-state index in [1.54, 1.807) is 6.07 Å². The molecular weight excluding hydrogens is 869 g/mol.